The van der Waals surface area contributed by atoms with E-state index in [0.29, 0.717) is 11.3 Å². The van der Waals surface area contributed by atoms with Gasteiger partial charge in [-0.15, -0.1) is 0 Å². The van der Waals surface area contributed by atoms with Crippen LogP contribution in [0.3, 0.4) is 0 Å². The third-order valence-electron chi connectivity index (χ3n) is 2.36. The number of hydrogen-bond donors (Lipinski definition) is 2. The number of carbonyl (C=O) groups excluding carboxylic acids is 1. The molecule has 0 unspecified atom stereocenters. The van der Waals surface area contributed by atoms with Crippen molar-refractivity contribution in [1.29, 1.82) is 5.41 Å². The summed E-state index contributed by atoms with van der Waals surface area (Å²) in [6.45, 7) is 3.77. The number of aryl methyl sites for hydroxylation is 1. The van der Waals surface area contributed by atoms with E-state index in [9.17, 15) is 4.79 Å². The van der Waals surface area contributed by atoms with Gasteiger partial charge in [0.25, 0.3) is 0 Å². The molecule has 0 saturated carbocycles. The molecule has 16 heavy (non-hydrogen) atoms. The zero-order chi connectivity index (χ0) is 12.0. The van der Waals surface area contributed by atoms with Gasteiger partial charge in [0.05, 0.1) is 5.70 Å². The Bertz CT molecular complexity index is 422. The van der Waals surface area contributed by atoms with Gasteiger partial charge in [0.1, 0.15) is 6.29 Å². The molecule has 0 spiro atoms. The molecule has 0 amide bonds. The molecule has 0 saturated heterocycles. The molecule has 1 aromatic carbocycles. The number of allylic oxidation sites excluding steroid dienone is 2. The lowest BCUT2D eigenvalue weighted by Crippen LogP contribution is -2.04. The highest BCUT2D eigenvalue weighted by Crippen LogP contribution is 2.13. The monoisotopic (exact) mass is 216 g/mol. The van der Waals surface area contributed by atoms with Crippen LogP contribution in [0, 0.1) is 5.41 Å². The van der Waals surface area contributed by atoms with Gasteiger partial charge in [-0.3, -0.25) is 4.79 Å². The Morgan fingerprint density at radius 1 is 1.50 bits per heavy atom. The van der Waals surface area contributed by atoms with E-state index in [1.54, 1.807) is 6.92 Å². The molecule has 0 aliphatic rings. The Morgan fingerprint density at radius 3 is 2.81 bits per heavy atom. The molecule has 3 nitrogen and oxygen atoms in total. The fourth-order valence-electron chi connectivity index (χ4n) is 1.34. The largest absolute Gasteiger partial charge is 0.354 e. The first-order valence-corrected chi connectivity index (χ1v) is 5.23. The van der Waals surface area contributed by atoms with Crippen molar-refractivity contribution in [2.75, 3.05) is 5.32 Å². The van der Waals surface area contributed by atoms with Crippen molar-refractivity contribution in [1.82, 2.24) is 0 Å². The maximum atomic E-state index is 10.6. The van der Waals surface area contributed by atoms with E-state index >= 15 is 0 Å². The minimum atomic E-state index is 0.525. The van der Waals surface area contributed by atoms with Gasteiger partial charge >= 0.3 is 0 Å². The summed E-state index contributed by atoms with van der Waals surface area (Å²) in [5, 5.41) is 10.3. The van der Waals surface area contributed by atoms with E-state index in [0.717, 1.165) is 24.6 Å². The lowest BCUT2D eigenvalue weighted by atomic mass is 10.1. The number of benzene rings is 1. The van der Waals surface area contributed by atoms with Crippen molar-refractivity contribution in [3.63, 3.8) is 0 Å². The van der Waals surface area contributed by atoms with Gasteiger partial charge < -0.3 is 10.7 Å². The molecule has 0 fully saturated rings. The summed E-state index contributed by atoms with van der Waals surface area (Å²) in [6, 6.07) is 7.94. The van der Waals surface area contributed by atoms with Gasteiger partial charge in [0.2, 0.25) is 0 Å². The average molecular weight is 216 g/mol. The second-order valence-electron chi connectivity index (χ2n) is 3.54. The van der Waals surface area contributed by atoms with Gasteiger partial charge in [-0.1, -0.05) is 19.1 Å². The maximum absolute atomic E-state index is 10.6. The van der Waals surface area contributed by atoms with E-state index < -0.39 is 0 Å². The highest BCUT2D eigenvalue weighted by Gasteiger charge is 2.00. The predicted octanol–water partition coefficient (Wildman–Crippen LogP) is 2.78. The average Bonchev–Trinajstić information content (AvgIpc) is 2.35. The van der Waals surface area contributed by atoms with Crippen molar-refractivity contribution >= 4 is 18.2 Å². The van der Waals surface area contributed by atoms with Gasteiger partial charge in [-0.05, 0) is 31.0 Å². The molecule has 2 N–H and O–H groups in total. The van der Waals surface area contributed by atoms with E-state index in [4.69, 9.17) is 5.41 Å². The predicted molar refractivity (Wildman–Crippen MR) is 67.0 cm³/mol. The first kappa shape index (κ1) is 12.2. The standard InChI is InChI=1S/C13H16N2O/c1-3-11-5-4-6-12(7-11)15-13(8-14)10(2)9-16/h4-9,14-15H,3H2,1-2H3/b13-10+,14-8?. The van der Waals surface area contributed by atoms with E-state index in [-0.39, 0.29) is 0 Å². The topological polar surface area (TPSA) is 53.0 Å². The van der Waals surface area contributed by atoms with Crippen LogP contribution >= 0.6 is 0 Å². The Labute approximate surface area is 95.7 Å². The Balaban J connectivity index is 2.94. The Kier molecular flexibility index (Phi) is 4.45. The second kappa shape index (κ2) is 5.85. The van der Waals surface area contributed by atoms with Gasteiger partial charge in [-0.25, -0.2) is 0 Å². The van der Waals surface area contributed by atoms with E-state index in [1.165, 1.54) is 5.56 Å². The van der Waals surface area contributed by atoms with Crippen LogP contribution in [0.1, 0.15) is 19.4 Å². The third-order valence-corrected chi connectivity index (χ3v) is 2.36. The normalized spacial score (nSPS) is 11.6. The van der Waals surface area contributed by atoms with Gasteiger partial charge in [0, 0.05) is 17.5 Å². The summed E-state index contributed by atoms with van der Waals surface area (Å²) in [4.78, 5) is 10.6. The zero-order valence-corrected chi connectivity index (χ0v) is 9.58. The molecule has 3 heteroatoms. The van der Waals surface area contributed by atoms with Gasteiger partial charge in [-0.2, -0.15) is 0 Å². The lowest BCUT2D eigenvalue weighted by Gasteiger charge is -2.09. The molecular weight excluding hydrogens is 200 g/mol. The van der Waals surface area contributed by atoms with Crippen molar-refractivity contribution in [2.24, 2.45) is 0 Å². The van der Waals surface area contributed by atoms with E-state index in [2.05, 4.69) is 12.2 Å². The molecule has 0 atom stereocenters. The summed E-state index contributed by atoms with van der Waals surface area (Å²) in [7, 11) is 0. The van der Waals surface area contributed by atoms with Crippen molar-refractivity contribution in [3.05, 3.63) is 41.1 Å². The Hall–Kier alpha value is -1.90. The number of anilines is 1. The molecule has 0 heterocycles. The molecule has 84 valence electrons. The first-order chi connectivity index (χ1) is 7.71. The summed E-state index contributed by atoms with van der Waals surface area (Å²) < 4.78 is 0. The van der Waals surface area contributed by atoms with Crippen LogP contribution < -0.4 is 5.32 Å². The van der Waals surface area contributed by atoms with Crippen LogP contribution in [-0.2, 0) is 11.2 Å². The van der Waals surface area contributed by atoms with Crippen LogP contribution in [0.25, 0.3) is 0 Å². The minimum Gasteiger partial charge on any atom is -0.354 e. The van der Waals surface area contributed by atoms with Crippen LogP contribution in [-0.4, -0.2) is 12.5 Å². The SMILES string of the molecule is CCc1cccc(N/C(C=N)=C(\C)C=O)c1. The number of hydrogen-bond acceptors (Lipinski definition) is 3. The van der Waals surface area contributed by atoms with Crippen molar-refractivity contribution in [2.45, 2.75) is 20.3 Å². The number of aldehydes is 1. The molecular formula is C13H16N2O. The van der Waals surface area contributed by atoms with E-state index in [1.807, 2.05) is 24.3 Å². The Morgan fingerprint density at radius 2 is 2.25 bits per heavy atom. The second-order valence-corrected chi connectivity index (χ2v) is 3.54. The van der Waals surface area contributed by atoms with Crippen LogP contribution in [0.4, 0.5) is 5.69 Å². The summed E-state index contributed by atoms with van der Waals surface area (Å²) in [6.07, 6.45) is 2.87. The first-order valence-electron chi connectivity index (χ1n) is 5.23. The molecule has 0 radical (unpaired) electrons. The third kappa shape index (κ3) is 3.05. The zero-order valence-electron chi connectivity index (χ0n) is 9.58. The quantitative estimate of drug-likeness (QED) is 0.451. The molecule has 1 aromatic rings. The van der Waals surface area contributed by atoms with Crippen LogP contribution in [0.2, 0.25) is 0 Å². The number of carbonyl (C=O) groups is 1. The fraction of sp³-hybridized carbons (Fsp3) is 0.231. The lowest BCUT2D eigenvalue weighted by molar-refractivity contribution is -0.104. The summed E-state index contributed by atoms with van der Waals surface area (Å²) in [5.74, 6) is 0. The highest BCUT2D eigenvalue weighted by atomic mass is 16.1. The number of nitrogens with one attached hydrogen (secondary N) is 2. The smallest absolute Gasteiger partial charge is 0.147 e. The highest BCUT2D eigenvalue weighted by molar-refractivity contribution is 5.90. The van der Waals surface area contributed by atoms with Crippen LogP contribution in [0.5, 0.6) is 0 Å². The molecule has 0 bridgehead atoms. The molecule has 0 aromatic heterocycles. The van der Waals surface area contributed by atoms with Gasteiger partial charge in [0.15, 0.2) is 0 Å². The number of rotatable bonds is 5. The fourth-order valence-corrected chi connectivity index (χ4v) is 1.34. The summed E-state index contributed by atoms with van der Waals surface area (Å²) in [5.41, 5.74) is 3.18. The molecule has 1 rings (SSSR count). The molecule has 0 aliphatic carbocycles. The van der Waals surface area contributed by atoms with Crippen molar-refractivity contribution in [3.8, 4) is 0 Å². The molecule has 0 aliphatic heterocycles. The van der Waals surface area contributed by atoms with Crippen molar-refractivity contribution < 1.29 is 4.79 Å². The summed E-state index contributed by atoms with van der Waals surface area (Å²) >= 11 is 0. The minimum absolute atomic E-state index is 0.525. The van der Waals surface area contributed by atoms with Crippen LogP contribution in [0.15, 0.2) is 35.5 Å². The maximum Gasteiger partial charge on any atom is 0.147 e.